The summed E-state index contributed by atoms with van der Waals surface area (Å²) in [4.78, 5) is 15.7. The van der Waals surface area contributed by atoms with Crippen LogP contribution in [0, 0.1) is 12.3 Å². The fraction of sp³-hybridized carbons (Fsp3) is 0.538. The van der Waals surface area contributed by atoms with E-state index in [9.17, 15) is 4.79 Å². The topological polar surface area (TPSA) is 42.0 Å². The lowest BCUT2D eigenvalue weighted by atomic mass is 9.92. The fourth-order valence-electron chi connectivity index (χ4n) is 1.46. The van der Waals surface area contributed by atoms with Crippen molar-refractivity contribution in [1.29, 1.82) is 0 Å². The van der Waals surface area contributed by atoms with Crippen LogP contribution >= 0.6 is 0 Å². The molecule has 16 heavy (non-hydrogen) atoms. The first kappa shape index (κ1) is 12.7. The number of amides is 1. The quantitative estimate of drug-likeness (QED) is 0.850. The normalized spacial score (nSPS) is 11.2. The van der Waals surface area contributed by atoms with Gasteiger partial charge in [0.2, 0.25) is 5.91 Å². The van der Waals surface area contributed by atoms with E-state index >= 15 is 0 Å². The molecule has 1 N–H and O–H groups in total. The highest BCUT2D eigenvalue weighted by Gasteiger charge is 2.15. The van der Waals surface area contributed by atoms with Gasteiger partial charge in [-0.25, -0.2) is 0 Å². The Balaban J connectivity index is 2.43. The van der Waals surface area contributed by atoms with Gasteiger partial charge < -0.3 is 5.32 Å². The van der Waals surface area contributed by atoms with E-state index < -0.39 is 0 Å². The van der Waals surface area contributed by atoms with Gasteiger partial charge in [-0.05, 0) is 30.0 Å². The molecule has 88 valence electrons. The molecule has 0 fully saturated rings. The summed E-state index contributed by atoms with van der Waals surface area (Å²) < 4.78 is 0. The zero-order valence-electron chi connectivity index (χ0n) is 10.5. The molecular weight excluding hydrogens is 200 g/mol. The summed E-state index contributed by atoms with van der Waals surface area (Å²) in [6.07, 6.45) is 2.32. The lowest BCUT2D eigenvalue weighted by Crippen LogP contribution is -2.27. The molecule has 0 atom stereocenters. The first-order valence-electron chi connectivity index (χ1n) is 5.55. The number of hydrogen-bond donors (Lipinski definition) is 1. The van der Waals surface area contributed by atoms with Crippen LogP contribution < -0.4 is 5.32 Å². The van der Waals surface area contributed by atoms with Crippen molar-refractivity contribution in [1.82, 2.24) is 10.3 Å². The molecule has 0 aliphatic carbocycles. The molecule has 3 heteroatoms. The zero-order chi connectivity index (χ0) is 12.2. The third-order valence-electron chi connectivity index (χ3n) is 2.14. The third-order valence-corrected chi connectivity index (χ3v) is 2.14. The molecule has 3 nitrogen and oxygen atoms in total. The molecule has 1 amide bonds. The van der Waals surface area contributed by atoms with Crippen molar-refractivity contribution >= 4 is 5.91 Å². The van der Waals surface area contributed by atoms with Crippen molar-refractivity contribution in [3.63, 3.8) is 0 Å². The van der Waals surface area contributed by atoms with Gasteiger partial charge in [0.15, 0.2) is 0 Å². The fourth-order valence-corrected chi connectivity index (χ4v) is 1.46. The predicted octanol–water partition coefficient (Wildman–Crippen LogP) is 2.44. The second kappa shape index (κ2) is 5.10. The van der Waals surface area contributed by atoms with Gasteiger partial charge in [0.1, 0.15) is 0 Å². The SMILES string of the molecule is Cc1cc(CNC(=O)CC(C)(C)C)ccn1. The molecule has 1 aromatic rings. The molecule has 1 heterocycles. The Kier molecular flexibility index (Phi) is 4.05. The van der Waals surface area contributed by atoms with Gasteiger partial charge in [-0.3, -0.25) is 9.78 Å². The van der Waals surface area contributed by atoms with Crippen LogP contribution in [0.2, 0.25) is 0 Å². The molecule has 0 saturated carbocycles. The molecule has 0 radical (unpaired) electrons. The van der Waals surface area contributed by atoms with Crippen molar-refractivity contribution in [2.75, 3.05) is 0 Å². The van der Waals surface area contributed by atoms with E-state index in [0.29, 0.717) is 13.0 Å². The highest BCUT2D eigenvalue weighted by Crippen LogP contribution is 2.17. The van der Waals surface area contributed by atoms with Crippen LogP contribution in [-0.4, -0.2) is 10.9 Å². The largest absolute Gasteiger partial charge is 0.352 e. The Morgan fingerprint density at radius 2 is 2.12 bits per heavy atom. The summed E-state index contributed by atoms with van der Waals surface area (Å²) in [5.74, 6) is 0.0990. The van der Waals surface area contributed by atoms with Crippen molar-refractivity contribution in [2.24, 2.45) is 5.41 Å². The monoisotopic (exact) mass is 220 g/mol. The van der Waals surface area contributed by atoms with Gasteiger partial charge in [0, 0.05) is 24.9 Å². The minimum atomic E-state index is 0.0399. The minimum Gasteiger partial charge on any atom is -0.352 e. The van der Waals surface area contributed by atoms with Gasteiger partial charge in [-0.1, -0.05) is 20.8 Å². The summed E-state index contributed by atoms with van der Waals surface area (Å²) in [5, 5.41) is 2.92. The van der Waals surface area contributed by atoms with Crippen LogP contribution in [0.15, 0.2) is 18.3 Å². The first-order valence-corrected chi connectivity index (χ1v) is 5.55. The van der Waals surface area contributed by atoms with Gasteiger partial charge in [-0.15, -0.1) is 0 Å². The molecule has 1 aromatic heterocycles. The maximum atomic E-state index is 11.6. The summed E-state index contributed by atoms with van der Waals surface area (Å²) in [6.45, 7) is 8.70. The molecule has 0 aliphatic heterocycles. The maximum absolute atomic E-state index is 11.6. The van der Waals surface area contributed by atoms with Crippen molar-refractivity contribution in [3.8, 4) is 0 Å². The zero-order valence-corrected chi connectivity index (χ0v) is 10.5. The molecule has 0 saturated heterocycles. The highest BCUT2D eigenvalue weighted by atomic mass is 16.1. The third kappa shape index (κ3) is 4.91. The van der Waals surface area contributed by atoms with Crippen molar-refractivity contribution in [2.45, 2.75) is 40.7 Å². The molecule has 0 aromatic carbocycles. The Bertz CT molecular complexity index is 366. The van der Waals surface area contributed by atoms with Crippen LogP contribution in [0.5, 0.6) is 0 Å². The molecule has 0 spiro atoms. The Morgan fingerprint density at radius 3 is 2.69 bits per heavy atom. The molecule has 1 rings (SSSR count). The van der Waals surface area contributed by atoms with Gasteiger partial charge in [0.05, 0.1) is 0 Å². The van der Waals surface area contributed by atoms with Crippen LogP contribution in [0.25, 0.3) is 0 Å². The Hall–Kier alpha value is -1.38. The number of aryl methyl sites for hydroxylation is 1. The van der Waals surface area contributed by atoms with E-state index in [1.807, 2.05) is 19.1 Å². The molecular formula is C13H20N2O. The number of carbonyl (C=O) groups excluding carboxylic acids is 1. The number of rotatable bonds is 3. The molecule has 0 aliphatic rings. The smallest absolute Gasteiger partial charge is 0.220 e. The summed E-state index contributed by atoms with van der Waals surface area (Å²) >= 11 is 0. The van der Waals surface area contributed by atoms with E-state index in [-0.39, 0.29) is 11.3 Å². The second-order valence-electron chi connectivity index (χ2n) is 5.32. The van der Waals surface area contributed by atoms with Crippen LogP contribution in [0.3, 0.4) is 0 Å². The lowest BCUT2D eigenvalue weighted by molar-refractivity contribution is -0.122. The number of carbonyl (C=O) groups is 1. The standard InChI is InChI=1S/C13H20N2O/c1-10-7-11(5-6-14-10)9-15-12(16)8-13(2,3)4/h5-7H,8-9H2,1-4H3,(H,15,16). The van der Waals surface area contributed by atoms with E-state index in [4.69, 9.17) is 0 Å². The van der Waals surface area contributed by atoms with Crippen LogP contribution in [0.4, 0.5) is 0 Å². The number of nitrogens with zero attached hydrogens (tertiary/aromatic N) is 1. The predicted molar refractivity (Wildman–Crippen MR) is 64.9 cm³/mol. The Labute approximate surface area is 97.3 Å². The maximum Gasteiger partial charge on any atom is 0.220 e. The van der Waals surface area contributed by atoms with E-state index in [1.165, 1.54) is 0 Å². The van der Waals surface area contributed by atoms with Crippen LogP contribution in [0.1, 0.15) is 38.4 Å². The number of hydrogen-bond acceptors (Lipinski definition) is 2. The van der Waals surface area contributed by atoms with Crippen LogP contribution in [-0.2, 0) is 11.3 Å². The average Bonchev–Trinajstić information content (AvgIpc) is 2.12. The average molecular weight is 220 g/mol. The van der Waals surface area contributed by atoms with E-state index in [1.54, 1.807) is 6.20 Å². The van der Waals surface area contributed by atoms with Crippen molar-refractivity contribution in [3.05, 3.63) is 29.6 Å². The minimum absolute atomic E-state index is 0.0399. The number of nitrogens with one attached hydrogen (secondary N) is 1. The first-order chi connectivity index (χ1) is 7.37. The molecule has 0 bridgehead atoms. The van der Waals surface area contributed by atoms with E-state index in [2.05, 4.69) is 31.1 Å². The number of aromatic nitrogens is 1. The Morgan fingerprint density at radius 1 is 1.44 bits per heavy atom. The summed E-state index contributed by atoms with van der Waals surface area (Å²) in [5.41, 5.74) is 2.11. The van der Waals surface area contributed by atoms with Gasteiger partial charge >= 0.3 is 0 Å². The van der Waals surface area contributed by atoms with E-state index in [0.717, 1.165) is 11.3 Å². The summed E-state index contributed by atoms with van der Waals surface area (Å²) in [6, 6.07) is 3.90. The second-order valence-corrected chi connectivity index (χ2v) is 5.32. The number of pyridine rings is 1. The van der Waals surface area contributed by atoms with Crippen molar-refractivity contribution < 1.29 is 4.79 Å². The van der Waals surface area contributed by atoms with Gasteiger partial charge in [-0.2, -0.15) is 0 Å². The lowest BCUT2D eigenvalue weighted by Gasteiger charge is -2.17. The molecule has 0 unspecified atom stereocenters. The highest BCUT2D eigenvalue weighted by molar-refractivity contribution is 5.76. The van der Waals surface area contributed by atoms with Gasteiger partial charge in [0.25, 0.3) is 0 Å². The summed E-state index contributed by atoms with van der Waals surface area (Å²) in [7, 11) is 0.